The standard InChI is InChI=1S/C14H17Cl3O3/c1-14(8-20-14)13(18)3-2-4-19-7-10-11(16)5-9(15)6-12(10)17/h5-6,13,18H,2-4,7-8H2,1H3/t13-,14+/m1/s1. The first-order valence-corrected chi connectivity index (χ1v) is 7.59. The van der Waals surface area contributed by atoms with Crippen molar-refractivity contribution in [1.82, 2.24) is 0 Å². The van der Waals surface area contributed by atoms with Gasteiger partial charge in [0.25, 0.3) is 0 Å². The number of aliphatic hydroxyl groups excluding tert-OH is 1. The molecule has 1 aromatic rings. The minimum Gasteiger partial charge on any atom is -0.390 e. The second-order valence-electron chi connectivity index (χ2n) is 5.16. The minimum absolute atomic E-state index is 0.332. The average Bonchev–Trinajstić information content (AvgIpc) is 3.10. The molecule has 0 saturated carbocycles. The summed E-state index contributed by atoms with van der Waals surface area (Å²) in [6, 6.07) is 3.28. The van der Waals surface area contributed by atoms with Gasteiger partial charge in [-0.05, 0) is 31.9 Å². The molecule has 1 aliphatic heterocycles. The van der Waals surface area contributed by atoms with E-state index in [1.807, 2.05) is 6.92 Å². The van der Waals surface area contributed by atoms with Crippen molar-refractivity contribution in [3.63, 3.8) is 0 Å². The maximum atomic E-state index is 9.85. The van der Waals surface area contributed by atoms with Crippen molar-refractivity contribution in [3.05, 3.63) is 32.8 Å². The minimum atomic E-state index is -0.436. The van der Waals surface area contributed by atoms with Gasteiger partial charge in [0.05, 0.1) is 19.3 Å². The Morgan fingerprint density at radius 1 is 1.35 bits per heavy atom. The van der Waals surface area contributed by atoms with Crippen LogP contribution in [-0.4, -0.2) is 30.0 Å². The largest absolute Gasteiger partial charge is 0.390 e. The van der Waals surface area contributed by atoms with Gasteiger partial charge in [0, 0.05) is 27.2 Å². The summed E-state index contributed by atoms with van der Waals surface area (Å²) in [5, 5.41) is 11.4. The number of aliphatic hydroxyl groups is 1. The van der Waals surface area contributed by atoms with Crippen LogP contribution in [0.2, 0.25) is 15.1 Å². The Balaban J connectivity index is 1.71. The van der Waals surface area contributed by atoms with Gasteiger partial charge in [-0.25, -0.2) is 0 Å². The van der Waals surface area contributed by atoms with E-state index < -0.39 is 6.10 Å². The smallest absolute Gasteiger partial charge is 0.115 e. The van der Waals surface area contributed by atoms with Gasteiger partial charge in [-0.15, -0.1) is 0 Å². The third-order valence-corrected chi connectivity index (χ3v) is 4.32. The molecule has 1 aromatic carbocycles. The van der Waals surface area contributed by atoms with Crippen LogP contribution < -0.4 is 0 Å². The predicted octanol–water partition coefficient (Wildman–Crippen LogP) is 4.09. The lowest BCUT2D eigenvalue weighted by molar-refractivity contribution is 0.0581. The molecule has 0 amide bonds. The third kappa shape index (κ3) is 4.23. The van der Waals surface area contributed by atoms with Crippen LogP contribution in [0.5, 0.6) is 0 Å². The van der Waals surface area contributed by atoms with E-state index in [1.165, 1.54) is 0 Å². The Morgan fingerprint density at radius 2 is 1.95 bits per heavy atom. The van der Waals surface area contributed by atoms with E-state index in [-0.39, 0.29) is 5.60 Å². The van der Waals surface area contributed by atoms with Gasteiger partial charge in [-0.3, -0.25) is 0 Å². The molecular formula is C14H17Cl3O3. The molecule has 1 saturated heterocycles. The van der Waals surface area contributed by atoms with Crippen molar-refractivity contribution in [2.45, 2.75) is 38.1 Å². The van der Waals surface area contributed by atoms with E-state index in [2.05, 4.69) is 0 Å². The van der Waals surface area contributed by atoms with E-state index >= 15 is 0 Å². The lowest BCUT2D eigenvalue weighted by Gasteiger charge is -2.14. The Morgan fingerprint density at radius 3 is 2.50 bits per heavy atom. The van der Waals surface area contributed by atoms with Crippen LogP contribution in [0.4, 0.5) is 0 Å². The maximum absolute atomic E-state index is 9.85. The van der Waals surface area contributed by atoms with Crippen molar-refractivity contribution in [3.8, 4) is 0 Å². The number of hydrogen-bond acceptors (Lipinski definition) is 3. The van der Waals surface area contributed by atoms with Crippen LogP contribution in [-0.2, 0) is 16.1 Å². The number of halogens is 3. The second-order valence-corrected chi connectivity index (χ2v) is 6.41. The molecule has 0 spiro atoms. The molecule has 112 valence electrons. The number of benzene rings is 1. The summed E-state index contributed by atoms with van der Waals surface area (Å²) in [6.45, 7) is 3.40. The Labute approximate surface area is 133 Å². The fraction of sp³-hybridized carbons (Fsp3) is 0.571. The van der Waals surface area contributed by atoms with Gasteiger partial charge < -0.3 is 14.6 Å². The monoisotopic (exact) mass is 338 g/mol. The van der Waals surface area contributed by atoms with Crippen LogP contribution in [0.3, 0.4) is 0 Å². The summed E-state index contributed by atoms with van der Waals surface area (Å²) < 4.78 is 10.7. The van der Waals surface area contributed by atoms with Crippen molar-refractivity contribution in [1.29, 1.82) is 0 Å². The Kier molecular flexibility index (Phi) is 5.57. The molecule has 1 heterocycles. The lowest BCUT2D eigenvalue weighted by atomic mass is 10.0. The van der Waals surface area contributed by atoms with Gasteiger partial charge >= 0.3 is 0 Å². The molecule has 1 fully saturated rings. The van der Waals surface area contributed by atoms with Crippen molar-refractivity contribution < 1.29 is 14.6 Å². The maximum Gasteiger partial charge on any atom is 0.115 e. The summed E-state index contributed by atoms with van der Waals surface area (Å²) in [6.07, 6.45) is 0.968. The van der Waals surface area contributed by atoms with E-state index in [4.69, 9.17) is 44.3 Å². The van der Waals surface area contributed by atoms with Gasteiger partial charge in [0.15, 0.2) is 0 Å². The first kappa shape index (κ1) is 16.3. The molecule has 0 unspecified atom stereocenters. The summed E-state index contributed by atoms with van der Waals surface area (Å²) in [7, 11) is 0. The molecule has 0 radical (unpaired) electrons. The Hall–Kier alpha value is -0.0300. The average molecular weight is 340 g/mol. The van der Waals surface area contributed by atoms with Gasteiger partial charge in [-0.1, -0.05) is 34.8 Å². The molecule has 20 heavy (non-hydrogen) atoms. The summed E-state index contributed by atoms with van der Waals surface area (Å²) in [5.74, 6) is 0. The van der Waals surface area contributed by atoms with Crippen LogP contribution >= 0.6 is 34.8 Å². The zero-order chi connectivity index (χ0) is 14.8. The van der Waals surface area contributed by atoms with Crippen LogP contribution in [0.1, 0.15) is 25.3 Å². The highest BCUT2D eigenvalue weighted by molar-refractivity contribution is 6.39. The fourth-order valence-electron chi connectivity index (χ4n) is 1.87. The molecule has 0 aromatic heterocycles. The van der Waals surface area contributed by atoms with Crippen molar-refractivity contribution in [2.24, 2.45) is 0 Å². The first-order chi connectivity index (χ1) is 9.42. The lowest BCUT2D eigenvalue weighted by Crippen LogP contribution is -2.26. The van der Waals surface area contributed by atoms with Crippen LogP contribution in [0.25, 0.3) is 0 Å². The normalized spacial score (nSPS) is 22.9. The van der Waals surface area contributed by atoms with Crippen molar-refractivity contribution in [2.75, 3.05) is 13.2 Å². The summed E-state index contributed by atoms with van der Waals surface area (Å²) in [4.78, 5) is 0. The highest BCUT2D eigenvalue weighted by atomic mass is 35.5. The molecule has 0 bridgehead atoms. The molecule has 0 aliphatic carbocycles. The highest BCUT2D eigenvalue weighted by Crippen LogP contribution is 2.32. The van der Waals surface area contributed by atoms with Gasteiger partial charge in [-0.2, -0.15) is 0 Å². The van der Waals surface area contributed by atoms with Crippen LogP contribution in [0.15, 0.2) is 12.1 Å². The van der Waals surface area contributed by atoms with Gasteiger partial charge in [0.1, 0.15) is 5.60 Å². The van der Waals surface area contributed by atoms with E-state index in [9.17, 15) is 5.11 Å². The van der Waals surface area contributed by atoms with Crippen LogP contribution in [0, 0.1) is 0 Å². The highest BCUT2D eigenvalue weighted by Gasteiger charge is 2.45. The predicted molar refractivity (Wildman–Crippen MR) is 80.7 cm³/mol. The summed E-state index contributed by atoms with van der Waals surface area (Å²) in [5.41, 5.74) is 0.388. The number of rotatable bonds is 7. The summed E-state index contributed by atoms with van der Waals surface area (Å²) >= 11 is 18.0. The van der Waals surface area contributed by atoms with E-state index in [0.717, 1.165) is 12.0 Å². The Bertz CT molecular complexity index is 452. The van der Waals surface area contributed by atoms with Gasteiger partial charge in [0.2, 0.25) is 0 Å². The quantitative estimate of drug-likeness (QED) is 0.601. The molecule has 1 aliphatic rings. The molecule has 2 atom stereocenters. The number of ether oxygens (including phenoxy) is 2. The number of epoxide rings is 1. The second kappa shape index (κ2) is 6.82. The molecule has 6 heteroatoms. The topological polar surface area (TPSA) is 42.0 Å². The first-order valence-electron chi connectivity index (χ1n) is 6.45. The third-order valence-electron chi connectivity index (χ3n) is 3.42. The van der Waals surface area contributed by atoms with E-state index in [0.29, 0.717) is 41.3 Å². The SMILES string of the molecule is C[C@@]1([C@H](O)CCCOCc2c(Cl)cc(Cl)cc2Cl)CO1. The zero-order valence-electron chi connectivity index (χ0n) is 11.2. The number of hydrogen-bond donors (Lipinski definition) is 1. The molecular weight excluding hydrogens is 323 g/mol. The fourth-order valence-corrected chi connectivity index (χ4v) is 2.80. The zero-order valence-corrected chi connectivity index (χ0v) is 13.4. The van der Waals surface area contributed by atoms with E-state index in [1.54, 1.807) is 12.1 Å². The molecule has 2 rings (SSSR count). The molecule has 1 N–H and O–H groups in total. The van der Waals surface area contributed by atoms with Crippen molar-refractivity contribution >= 4 is 34.8 Å². The molecule has 3 nitrogen and oxygen atoms in total.